The number of aryl methyl sites for hydroxylation is 5. The summed E-state index contributed by atoms with van der Waals surface area (Å²) in [6.45, 7) is 7.96. The number of rotatable bonds is 9. The molecule has 0 saturated heterocycles. The summed E-state index contributed by atoms with van der Waals surface area (Å²) in [5, 5.41) is 0. The van der Waals surface area contributed by atoms with Gasteiger partial charge in [-0.05, 0) is 57.7 Å². The molecule has 0 aliphatic carbocycles. The molecule has 7 heteroatoms. The summed E-state index contributed by atoms with van der Waals surface area (Å²) < 4.78 is 27.1. The molecule has 2 heterocycles. The number of hydrogen-bond donors (Lipinski definition) is 0. The summed E-state index contributed by atoms with van der Waals surface area (Å²) in [6, 6.07) is 14.9. The average Bonchev–Trinajstić information content (AvgIpc) is 3.18. The van der Waals surface area contributed by atoms with Gasteiger partial charge in [-0.15, -0.1) is 0 Å². The third-order valence-corrected chi connectivity index (χ3v) is 7.87. The monoisotopic (exact) mass is 489 g/mol. The first-order valence-corrected chi connectivity index (χ1v) is 13.6. The van der Waals surface area contributed by atoms with Crippen molar-refractivity contribution in [2.24, 2.45) is 0 Å². The van der Waals surface area contributed by atoms with Crippen molar-refractivity contribution in [3.8, 4) is 11.3 Å². The summed E-state index contributed by atoms with van der Waals surface area (Å²) in [7, 11) is -3.60. The van der Waals surface area contributed by atoms with Crippen LogP contribution in [0.5, 0.6) is 0 Å². The molecule has 0 aliphatic rings. The summed E-state index contributed by atoms with van der Waals surface area (Å²) in [4.78, 5) is 21.9. The summed E-state index contributed by atoms with van der Waals surface area (Å²) >= 11 is 0. The largest absolute Gasteiger partial charge is 0.299 e. The van der Waals surface area contributed by atoms with E-state index in [0.29, 0.717) is 12.8 Å². The smallest absolute Gasteiger partial charge is 0.185 e. The van der Waals surface area contributed by atoms with Gasteiger partial charge in [0, 0.05) is 18.2 Å². The van der Waals surface area contributed by atoms with E-state index in [4.69, 9.17) is 4.98 Å². The highest BCUT2D eigenvalue weighted by atomic mass is 32.2. The van der Waals surface area contributed by atoms with Crippen LogP contribution in [0.4, 0.5) is 0 Å². The standard InChI is InChI=1S/C28H31N3O3S/c1-5-26-27(31-17-20(3)29-21(4)28(31)30-26)23-13-11-22(12-14-23)7-6-8-24(32)18-35(33,34)25-15-9-19(2)10-16-25/h9-17H,5-8,18H2,1-4H3. The SMILES string of the molecule is CCc1nc2c(C)nc(C)cn2c1-c1ccc(CCCC(=O)CS(=O)(=O)c2ccc(C)cc2)cc1. The normalized spacial score (nSPS) is 11.8. The van der Waals surface area contributed by atoms with Crippen molar-refractivity contribution in [1.29, 1.82) is 0 Å². The molecule has 2 aromatic heterocycles. The maximum absolute atomic E-state index is 12.5. The number of aromatic nitrogens is 3. The summed E-state index contributed by atoms with van der Waals surface area (Å²) in [5.41, 5.74) is 8.04. The molecule has 6 nitrogen and oxygen atoms in total. The molecule has 182 valence electrons. The number of nitrogens with zero attached hydrogens (tertiary/aromatic N) is 3. The van der Waals surface area contributed by atoms with E-state index in [1.54, 1.807) is 24.3 Å². The Bertz CT molecular complexity index is 1470. The maximum atomic E-state index is 12.5. The van der Waals surface area contributed by atoms with Crippen LogP contribution in [0.15, 0.2) is 59.6 Å². The zero-order chi connectivity index (χ0) is 25.2. The second-order valence-electron chi connectivity index (χ2n) is 9.08. The van der Waals surface area contributed by atoms with Gasteiger partial charge in [0.15, 0.2) is 15.5 Å². The number of fused-ring (bicyclic) bond motifs is 1. The Morgan fingerprint density at radius 2 is 1.63 bits per heavy atom. The predicted molar refractivity (Wildman–Crippen MR) is 138 cm³/mol. The molecular weight excluding hydrogens is 458 g/mol. The Balaban J connectivity index is 1.41. The number of Topliss-reactive ketones (excluding diaryl/α,β-unsaturated/α-hetero) is 1. The Hall–Kier alpha value is -3.32. The zero-order valence-electron chi connectivity index (χ0n) is 20.7. The van der Waals surface area contributed by atoms with Crippen LogP contribution in [-0.2, 0) is 27.5 Å². The first kappa shape index (κ1) is 24.8. The third kappa shape index (κ3) is 5.51. The molecule has 4 aromatic rings. The van der Waals surface area contributed by atoms with Gasteiger partial charge < -0.3 is 0 Å². The lowest BCUT2D eigenvalue weighted by Gasteiger charge is -2.08. The Morgan fingerprint density at radius 3 is 2.29 bits per heavy atom. The molecule has 0 saturated carbocycles. The van der Waals surface area contributed by atoms with Crippen molar-refractivity contribution in [3.05, 3.63) is 82.9 Å². The lowest BCUT2D eigenvalue weighted by atomic mass is 10.0. The van der Waals surface area contributed by atoms with E-state index < -0.39 is 15.6 Å². The molecule has 0 bridgehead atoms. The molecule has 2 aromatic carbocycles. The Labute approximate surface area is 207 Å². The molecule has 0 unspecified atom stereocenters. The van der Waals surface area contributed by atoms with Crippen molar-refractivity contribution < 1.29 is 13.2 Å². The zero-order valence-corrected chi connectivity index (χ0v) is 21.5. The van der Waals surface area contributed by atoms with Crippen LogP contribution in [0.1, 0.15) is 48.0 Å². The fourth-order valence-electron chi connectivity index (χ4n) is 4.37. The lowest BCUT2D eigenvalue weighted by molar-refractivity contribution is -0.116. The van der Waals surface area contributed by atoms with Crippen LogP contribution in [0.2, 0.25) is 0 Å². The number of imidazole rings is 1. The van der Waals surface area contributed by atoms with Crippen LogP contribution in [0, 0.1) is 20.8 Å². The third-order valence-electron chi connectivity index (χ3n) is 6.18. The summed E-state index contributed by atoms with van der Waals surface area (Å²) in [6.07, 6.45) is 4.42. The van der Waals surface area contributed by atoms with E-state index in [-0.39, 0.29) is 17.1 Å². The number of ketones is 1. The fraction of sp³-hybridized carbons (Fsp3) is 0.321. The minimum absolute atomic E-state index is 0.201. The highest BCUT2D eigenvalue weighted by Gasteiger charge is 2.19. The second kappa shape index (κ2) is 10.1. The average molecular weight is 490 g/mol. The molecular formula is C28H31N3O3S. The molecule has 0 radical (unpaired) electrons. The van der Waals surface area contributed by atoms with Gasteiger partial charge in [-0.1, -0.05) is 48.9 Å². The van der Waals surface area contributed by atoms with Crippen molar-refractivity contribution in [2.75, 3.05) is 5.75 Å². The van der Waals surface area contributed by atoms with E-state index in [2.05, 4.69) is 40.6 Å². The van der Waals surface area contributed by atoms with E-state index in [1.807, 2.05) is 27.0 Å². The van der Waals surface area contributed by atoms with Crippen LogP contribution in [0.25, 0.3) is 16.9 Å². The van der Waals surface area contributed by atoms with Crippen LogP contribution in [-0.4, -0.2) is 34.3 Å². The summed E-state index contributed by atoms with van der Waals surface area (Å²) in [5.74, 6) is -0.698. The number of hydrogen-bond acceptors (Lipinski definition) is 5. The predicted octanol–water partition coefficient (Wildman–Crippen LogP) is 5.25. The molecule has 0 spiro atoms. The molecule has 0 amide bonds. The van der Waals surface area contributed by atoms with Crippen LogP contribution in [0.3, 0.4) is 0 Å². The topological polar surface area (TPSA) is 81.4 Å². The van der Waals surface area contributed by atoms with E-state index in [1.165, 1.54) is 0 Å². The van der Waals surface area contributed by atoms with Gasteiger partial charge in [-0.3, -0.25) is 14.2 Å². The maximum Gasteiger partial charge on any atom is 0.185 e. The van der Waals surface area contributed by atoms with Gasteiger partial charge in [0.25, 0.3) is 0 Å². The van der Waals surface area contributed by atoms with Crippen LogP contribution < -0.4 is 0 Å². The first-order valence-electron chi connectivity index (χ1n) is 11.9. The van der Waals surface area contributed by atoms with Crippen molar-refractivity contribution in [3.63, 3.8) is 0 Å². The number of carbonyl (C=O) groups is 1. The molecule has 35 heavy (non-hydrogen) atoms. The van der Waals surface area contributed by atoms with E-state index >= 15 is 0 Å². The lowest BCUT2D eigenvalue weighted by Crippen LogP contribution is -2.16. The Kier molecular flexibility index (Phi) is 7.17. The number of sulfone groups is 1. The van der Waals surface area contributed by atoms with Gasteiger partial charge in [-0.25, -0.2) is 13.4 Å². The minimum atomic E-state index is -3.60. The highest BCUT2D eigenvalue weighted by Crippen LogP contribution is 2.27. The molecule has 0 aliphatic heterocycles. The number of carbonyl (C=O) groups excluding carboxylic acids is 1. The van der Waals surface area contributed by atoms with Gasteiger partial charge >= 0.3 is 0 Å². The molecule has 0 fully saturated rings. The highest BCUT2D eigenvalue weighted by molar-refractivity contribution is 7.92. The molecule has 4 rings (SSSR count). The van der Waals surface area contributed by atoms with E-state index in [9.17, 15) is 13.2 Å². The van der Waals surface area contributed by atoms with Crippen LogP contribution >= 0.6 is 0 Å². The van der Waals surface area contributed by atoms with Gasteiger partial charge in [0.1, 0.15) is 11.5 Å². The molecule has 0 N–H and O–H groups in total. The second-order valence-corrected chi connectivity index (χ2v) is 11.1. The van der Waals surface area contributed by atoms with Gasteiger partial charge in [-0.2, -0.15) is 0 Å². The van der Waals surface area contributed by atoms with Crippen molar-refractivity contribution >= 4 is 21.3 Å². The van der Waals surface area contributed by atoms with Crippen molar-refractivity contribution in [2.45, 2.75) is 58.3 Å². The minimum Gasteiger partial charge on any atom is -0.299 e. The molecule has 0 atom stereocenters. The first-order chi connectivity index (χ1) is 16.7. The van der Waals surface area contributed by atoms with Gasteiger partial charge in [0.05, 0.1) is 27.7 Å². The van der Waals surface area contributed by atoms with Crippen molar-refractivity contribution in [1.82, 2.24) is 14.4 Å². The quantitative estimate of drug-likeness (QED) is 0.321. The number of benzene rings is 2. The Morgan fingerprint density at radius 1 is 0.943 bits per heavy atom. The van der Waals surface area contributed by atoms with E-state index in [0.717, 1.165) is 51.5 Å². The van der Waals surface area contributed by atoms with Gasteiger partial charge in [0.2, 0.25) is 0 Å². The fourth-order valence-corrected chi connectivity index (χ4v) is 5.66.